The lowest BCUT2D eigenvalue weighted by molar-refractivity contribution is 0.599. The van der Waals surface area contributed by atoms with E-state index in [1.165, 1.54) is 16.9 Å². The smallest absolute Gasteiger partial charge is 0.224 e. The van der Waals surface area contributed by atoms with Gasteiger partial charge < -0.3 is 0 Å². The molecule has 0 amide bonds. The summed E-state index contributed by atoms with van der Waals surface area (Å²) in [5.74, 6) is 0.967. The van der Waals surface area contributed by atoms with Crippen molar-refractivity contribution in [3.8, 4) is 0 Å². The summed E-state index contributed by atoms with van der Waals surface area (Å²) in [4.78, 5) is 1.16. The molecule has 0 unspecified atom stereocenters. The molecule has 1 aliphatic carbocycles. The van der Waals surface area contributed by atoms with E-state index < -0.39 is 10.0 Å². The van der Waals surface area contributed by atoms with Crippen molar-refractivity contribution in [3.05, 3.63) is 52.4 Å². The number of nitrogens with two attached hydrogens (primary N) is 1. The molecule has 0 saturated heterocycles. The average Bonchev–Trinajstić information content (AvgIpc) is 3.05. The molecule has 1 heterocycles. The largest absolute Gasteiger partial charge is 0.247 e. The van der Waals surface area contributed by atoms with E-state index in [-0.39, 0.29) is 4.21 Å². The third kappa shape index (κ3) is 2.45. The Morgan fingerprint density at radius 1 is 1.21 bits per heavy atom. The predicted octanol–water partition coefficient (Wildman–Crippen LogP) is 2.98. The van der Waals surface area contributed by atoms with Crippen molar-refractivity contribution >= 4 is 21.4 Å². The predicted molar refractivity (Wildman–Crippen MR) is 77.0 cm³/mol. The Morgan fingerprint density at radius 3 is 2.47 bits per heavy atom. The van der Waals surface area contributed by atoms with Crippen LogP contribution in [0.25, 0.3) is 0 Å². The van der Waals surface area contributed by atoms with Crippen LogP contribution in [0.1, 0.15) is 34.3 Å². The molecular weight excluding hydrogens is 278 g/mol. The van der Waals surface area contributed by atoms with Crippen LogP contribution in [0, 0.1) is 6.92 Å². The zero-order chi connectivity index (χ0) is 13.6. The minimum Gasteiger partial charge on any atom is -0.224 e. The lowest BCUT2D eigenvalue weighted by Gasteiger charge is -1.99. The molecule has 1 aromatic heterocycles. The fraction of sp³-hybridized carbons (Fsp3) is 0.286. The van der Waals surface area contributed by atoms with Crippen LogP contribution in [0.5, 0.6) is 0 Å². The minimum absolute atomic E-state index is 0.277. The monoisotopic (exact) mass is 293 g/mol. The summed E-state index contributed by atoms with van der Waals surface area (Å²) in [6, 6.07) is 12.1. The van der Waals surface area contributed by atoms with Crippen LogP contribution in [0.15, 0.2) is 40.6 Å². The SMILES string of the molecule is Cc1cc(S(N)(=O)=O)sc1[C@@H]1C[C@H]1c1ccccc1. The van der Waals surface area contributed by atoms with Crippen molar-refractivity contribution < 1.29 is 8.42 Å². The Morgan fingerprint density at radius 2 is 1.89 bits per heavy atom. The number of hydrogen-bond donors (Lipinski definition) is 1. The topological polar surface area (TPSA) is 60.2 Å². The molecule has 100 valence electrons. The molecular formula is C14H15NO2S2. The molecule has 3 rings (SSSR count). The zero-order valence-corrected chi connectivity index (χ0v) is 12.2. The van der Waals surface area contributed by atoms with Gasteiger partial charge in [0.05, 0.1) is 0 Å². The van der Waals surface area contributed by atoms with E-state index in [9.17, 15) is 8.42 Å². The van der Waals surface area contributed by atoms with Gasteiger partial charge in [-0.05, 0) is 36.5 Å². The van der Waals surface area contributed by atoms with Crippen LogP contribution in [0.2, 0.25) is 0 Å². The third-order valence-electron chi connectivity index (χ3n) is 3.57. The van der Waals surface area contributed by atoms with Crippen LogP contribution < -0.4 is 5.14 Å². The second-order valence-electron chi connectivity index (χ2n) is 5.02. The van der Waals surface area contributed by atoms with Gasteiger partial charge in [-0.2, -0.15) is 0 Å². The molecule has 2 N–H and O–H groups in total. The van der Waals surface area contributed by atoms with Crippen molar-refractivity contribution in [1.82, 2.24) is 0 Å². The van der Waals surface area contributed by atoms with Crippen LogP contribution >= 0.6 is 11.3 Å². The highest BCUT2D eigenvalue weighted by atomic mass is 32.2. The summed E-state index contributed by atoms with van der Waals surface area (Å²) in [7, 11) is -3.57. The summed E-state index contributed by atoms with van der Waals surface area (Å²) in [5.41, 5.74) is 2.37. The first-order valence-corrected chi connectivity index (χ1v) is 8.51. The van der Waals surface area contributed by atoms with Gasteiger partial charge in [-0.1, -0.05) is 30.3 Å². The van der Waals surface area contributed by atoms with Crippen molar-refractivity contribution in [2.24, 2.45) is 5.14 Å². The zero-order valence-electron chi connectivity index (χ0n) is 10.5. The number of benzene rings is 1. The lowest BCUT2D eigenvalue weighted by atomic mass is 10.1. The van der Waals surface area contributed by atoms with Gasteiger partial charge in [-0.25, -0.2) is 13.6 Å². The highest BCUT2D eigenvalue weighted by Crippen LogP contribution is 2.57. The van der Waals surface area contributed by atoms with Crippen LogP contribution in [-0.2, 0) is 10.0 Å². The van der Waals surface area contributed by atoms with E-state index in [0.29, 0.717) is 11.8 Å². The normalized spacial score (nSPS) is 22.4. The second kappa shape index (κ2) is 4.44. The van der Waals surface area contributed by atoms with E-state index >= 15 is 0 Å². The van der Waals surface area contributed by atoms with E-state index in [1.807, 2.05) is 25.1 Å². The first-order valence-electron chi connectivity index (χ1n) is 6.15. The lowest BCUT2D eigenvalue weighted by Crippen LogP contribution is -2.09. The number of hydrogen-bond acceptors (Lipinski definition) is 3. The quantitative estimate of drug-likeness (QED) is 0.945. The van der Waals surface area contributed by atoms with E-state index in [1.54, 1.807) is 6.07 Å². The summed E-state index contributed by atoms with van der Waals surface area (Å²) in [5, 5.41) is 5.19. The van der Waals surface area contributed by atoms with Gasteiger partial charge >= 0.3 is 0 Å². The Hall–Kier alpha value is -1.17. The Labute approximate surface area is 117 Å². The van der Waals surface area contributed by atoms with Gasteiger partial charge in [-0.15, -0.1) is 11.3 Å². The first kappa shape index (κ1) is 12.8. The molecule has 0 aliphatic heterocycles. The number of rotatable bonds is 3. The molecule has 1 saturated carbocycles. The molecule has 3 nitrogen and oxygen atoms in total. The number of thiophene rings is 1. The van der Waals surface area contributed by atoms with Crippen LogP contribution in [0.4, 0.5) is 0 Å². The molecule has 5 heteroatoms. The Kier molecular flexibility index (Phi) is 3.00. The molecule has 1 fully saturated rings. The van der Waals surface area contributed by atoms with Gasteiger partial charge in [0.2, 0.25) is 10.0 Å². The van der Waals surface area contributed by atoms with E-state index in [2.05, 4.69) is 12.1 Å². The average molecular weight is 293 g/mol. The van der Waals surface area contributed by atoms with E-state index in [4.69, 9.17) is 5.14 Å². The Balaban J connectivity index is 1.88. The molecule has 0 spiro atoms. The maximum absolute atomic E-state index is 11.4. The van der Waals surface area contributed by atoms with Crippen molar-refractivity contribution in [2.45, 2.75) is 29.4 Å². The van der Waals surface area contributed by atoms with Crippen molar-refractivity contribution in [3.63, 3.8) is 0 Å². The Bertz CT molecular complexity index is 704. The highest BCUT2D eigenvalue weighted by Gasteiger charge is 2.41. The second-order valence-corrected chi connectivity index (χ2v) is 7.89. The maximum Gasteiger partial charge on any atom is 0.247 e. The summed E-state index contributed by atoms with van der Waals surface area (Å²) < 4.78 is 23.0. The fourth-order valence-electron chi connectivity index (χ4n) is 2.53. The van der Waals surface area contributed by atoms with Crippen molar-refractivity contribution in [1.29, 1.82) is 0 Å². The number of sulfonamides is 1. The molecule has 0 bridgehead atoms. The number of primary sulfonamides is 1. The molecule has 2 atom stereocenters. The van der Waals surface area contributed by atoms with Gasteiger partial charge in [0.25, 0.3) is 0 Å². The summed E-state index contributed by atoms with van der Waals surface area (Å²) >= 11 is 1.32. The molecule has 1 aromatic carbocycles. The van der Waals surface area contributed by atoms with Crippen LogP contribution in [-0.4, -0.2) is 8.42 Å². The third-order valence-corrected chi connectivity index (χ3v) is 6.36. The summed E-state index contributed by atoms with van der Waals surface area (Å²) in [6.45, 7) is 1.96. The van der Waals surface area contributed by atoms with Gasteiger partial charge in [0.1, 0.15) is 4.21 Å². The molecule has 1 aliphatic rings. The summed E-state index contributed by atoms with van der Waals surface area (Å²) in [6.07, 6.45) is 1.09. The number of aryl methyl sites for hydroxylation is 1. The highest BCUT2D eigenvalue weighted by molar-refractivity contribution is 7.91. The van der Waals surface area contributed by atoms with Crippen LogP contribution in [0.3, 0.4) is 0 Å². The van der Waals surface area contributed by atoms with Gasteiger partial charge in [0, 0.05) is 10.8 Å². The fourth-order valence-corrected chi connectivity index (χ4v) is 4.69. The van der Waals surface area contributed by atoms with Crippen molar-refractivity contribution in [2.75, 3.05) is 0 Å². The van der Waals surface area contributed by atoms with E-state index in [0.717, 1.165) is 16.9 Å². The molecule has 19 heavy (non-hydrogen) atoms. The minimum atomic E-state index is -3.57. The standard InChI is InChI=1S/C14H15NO2S2/c1-9-7-13(19(15,16)17)18-14(9)12-8-11(12)10-5-3-2-4-6-10/h2-7,11-12H,8H2,1H3,(H2,15,16,17)/t11-,12+/m0/s1. The van der Waals surface area contributed by atoms with Gasteiger partial charge in [-0.3, -0.25) is 0 Å². The first-order chi connectivity index (χ1) is 8.97. The maximum atomic E-state index is 11.4. The molecule has 2 aromatic rings. The molecule has 0 radical (unpaired) electrons. The van der Waals surface area contributed by atoms with Gasteiger partial charge in [0.15, 0.2) is 0 Å².